The summed E-state index contributed by atoms with van der Waals surface area (Å²) in [7, 11) is -3.42. The number of nitrogens with one attached hydrogen (secondary N) is 2. The van der Waals surface area contributed by atoms with Gasteiger partial charge in [0.15, 0.2) is 0 Å². The normalized spacial score (nSPS) is 15.9. The zero-order valence-corrected chi connectivity index (χ0v) is 11.2. The number of hydrogen-bond acceptors (Lipinski definition) is 3. The van der Waals surface area contributed by atoms with Crippen LogP contribution in [0.15, 0.2) is 23.1 Å². The summed E-state index contributed by atoms with van der Waals surface area (Å²) < 4.78 is 26.9. The Morgan fingerprint density at radius 1 is 1.18 bits per heavy atom. The van der Waals surface area contributed by atoms with Gasteiger partial charge >= 0.3 is 0 Å². The number of sulfonamides is 1. The van der Waals surface area contributed by atoms with Gasteiger partial charge < -0.3 is 5.32 Å². The largest absolute Gasteiger partial charge is 0.309 e. The molecule has 1 heterocycles. The Hall–Kier alpha value is -0.910. The Kier molecular flexibility index (Phi) is 3.01. The molecule has 17 heavy (non-hydrogen) atoms. The third-order valence-corrected chi connectivity index (χ3v) is 4.32. The molecule has 1 aromatic rings. The third kappa shape index (κ3) is 2.86. The first-order valence-electron chi connectivity index (χ1n) is 5.64. The summed E-state index contributed by atoms with van der Waals surface area (Å²) in [6, 6.07) is 5.30. The Morgan fingerprint density at radius 2 is 1.82 bits per heavy atom. The van der Waals surface area contributed by atoms with Crippen LogP contribution in [0.5, 0.6) is 0 Å². The molecule has 1 aliphatic rings. The van der Waals surface area contributed by atoms with Crippen molar-refractivity contribution in [2.24, 2.45) is 0 Å². The summed E-state index contributed by atoms with van der Waals surface area (Å²) >= 11 is 0. The molecule has 0 aromatic heterocycles. The van der Waals surface area contributed by atoms with E-state index in [2.05, 4.69) is 10.0 Å². The lowest BCUT2D eigenvalue weighted by Crippen LogP contribution is -2.40. The molecule has 0 saturated heterocycles. The lowest BCUT2D eigenvalue weighted by atomic mass is 10.1. The molecule has 4 nitrogen and oxygen atoms in total. The monoisotopic (exact) mass is 254 g/mol. The molecule has 2 N–H and O–H groups in total. The Balaban J connectivity index is 2.34. The molecule has 0 aliphatic carbocycles. The minimum Gasteiger partial charge on any atom is -0.309 e. The minimum atomic E-state index is -3.42. The van der Waals surface area contributed by atoms with Gasteiger partial charge in [-0.15, -0.1) is 0 Å². The number of fused-ring (bicyclic) bond motifs is 1. The van der Waals surface area contributed by atoms with Gasteiger partial charge in [0.25, 0.3) is 0 Å². The first-order valence-corrected chi connectivity index (χ1v) is 7.13. The second-order valence-electron chi connectivity index (χ2n) is 5.39. The molecule has 0 fully saturated rings. The van der Waals surface area contributed by atoms with Crippen LogP contribution in [-0.2, 0) is 23.1 Å². The first kappa shape index (κ1) is 12.5. The van der Waals surface area contributed by atoms with Crippen molar-refractivity contribution in [1.82, 2.24) is 10.0 Å². The van der Waals surface area contributed by atoms with Crippen LogP contribution in [-0.4, -0.2) is 14.0 Å². The highest BCUT2D eigenvalue weighted by atomic mass is 32.2. The summed E-state index contributed by atoms with van der Waals surface area (Å²) in [6.45, 7) is 7.06. The van der Waals surface area contributed by atoms with Gasteiger partial charge in [0.05, 0.1) is 4.90 Å². The molecule has 0 radical (unpaired) electrons. The van der Waals surface area contributed by atoms with Crippen LogP contribution in [0.25, 0.3) is 0 Å². The molecule has 0 unspecified atom stereocenters. The van der Waals surface area contributed by atoms with E-state index in [0.717, 1.165) is 18.7 Å². The summed E-state index contributed by atoms with van der Waals surface area (Å²) in [5, 5.41) is 3.20. The van der Waals surface area contributed by atoms with Crippen molar-refractivity contribution in [3.05, 3.63) is 29.3 Å². The van der Waals surface area contributed by atoms with Crippen LogP contribution in [0.1, 0.15) is 31.9 Å². The fourth-order valence-electron chi connectivity index (χ4n) is 1.90. The van der Waals surface area contributed by atoms with Crippen LogP contribution < -0.4 is 10.0 Å². The Bertz CT molecular complexity index is 530. The predicted octanol–water partition coefficient (Wildman–Crippen LogP) is 1.37. The van der Waals surface area contributed by atoms with Crippen LogP contribution in [0.2, 0.25) is 0 Å². The smallest absolute Gasteiger partial charge is 0.241 e. The van der Waals surface area contributed by atoms with Crippen LogP contribution in [0.4, 0.5) is 0 Å². The van der Waals surface area contributed by atoms with Gasteiger partial charge in [-0.1, -0.05) is 6.07 Å². The molecule has 94 valence electrons. The summed E-state index contributed by atoms with van der Waals surface area (Å²) in [6.07, 6.45) is 0. The fraction of sp³-hybridized carbons (Fsp3) is 0.500. The molecule has 0 atom stereocenters. The van der Waals surface area contributed by atoms with E-state index in [1.54, 1.807) is 12.1 Å². The van der Waals surface area contributed by atoms with Crippen molar-refractivity contribution in [3.63, 3.8) is 0 Å². The zero-order chi connectivity index (χ0) is 12.7. The molecule has 5 heteroatoms. The van der Waals surface area contributed by atoms with Gasteiger partial charge in [-0.2, -0.15) is 0 Å². The molecule has 0 amide bonds. The number of benzene rings is 1. The van der Waals surface area contributed by atoms with Crippen molar-refractivity contribution < 1.29 is 8.42 Å². The van der Waals surface area contributed by atoms with Gasteiger partial charge in [0.1, 0.15) is 0 Å². The van der Waals surface area contributed by atoms with Crippen molar-refractivity contribution in [2.75, 3.05) is 0 Å². The van der Waals surface area contributed by atoms with Crippen LogP contribution >= 0.6 is 0 Å². The molecule has 1 aromatic carbocycles. The van der Waals surface area contributed by atoms with Crippen molar-refractivity contribution in [2.45, 2.75) is 44.3 Å². The fourth-order valence-corrected chi connectivity index (χ4v) is 3.37. The van der Waals surface area contributed by atoms with Gasteiger partial charge in [-0.05, 0) is 44.0 Å². The van der Waals surface area contributed by atoms with E-state index in [-0.39, 0.29) is 0 Å². The van der Waals surface area contributed by atoms with E-state index in [4.69, 9.17) is 0 Å². The molecule has 0 saturated carbocycles. The molecule has 1 aliphatic heterocycles. The summed E-state index contributed by atoms with van der Waals surface area (Å²) in [4.78, 5) is 0.342. The van der Waals surface area contributed by atoms with Crippen molar-refractivity contribution in [3.8, 4) is 0 Å². The second-order valence-corrected chi connectivity index (χ2v) is 7.07. The van der Waals surface area contributed by atoms with Crippen molar-refractivity contribution >= 4 is 10.0 Å². The lowest BCUT2D eigenvalue weighted by molar-refractivity contribution is 0.491. The minimum absolute atomic E-state index is 0.342. The standard InChI is InChI=1S/C12H18N2O2S/c1-12(2,3)14-17(15,16)11-5-4-9-7-13-8-10(9)6-11/h4-6,13-14H,7-8H2,1-3H3. The van der Waals surface area contributed by atoms with E-state index in [9.17, 15) is 8.42 Å². The zero-order valence-electron chi connectivity index (χ0n) is 10.4. The van der Waals surface area contributed by atoms with Crippen LogP contribution in [0, 0.1) is 0 Å². The van der Waals surface area contributed by atoms with Gasteiger partial charge in [0.2, 0.25) is 10.0 Å². The van der Waals surface area contributed by atoms with Gasteiger partial charge in [-0.3, -0.25) is 0 Å². The van der Waals surface area contributed by atoms with E-state index in [1.165, 1.54) is 5.56 Å². The average molecular weight is 254 g/mol. The topological polar surface area (TPSA) is 58.2 Å². The molecule has 0 bridgehead atoms. The molecular weight excluding hydrogens is 236 g/mol. The maximum atomic E-state index is 12.1. The van der Waals surface area contributed by atoms with E-state index >= 15 is 0 Å². The maximum Gasteiger partial charge on any atom is 0.241 e. The molecule has 2 rings (SSSR count). The second kappa shape index (κ2) is 4.08. The predicted molar refractivity (Wildman–Crippen MR) is 67.1 cm³/mol. The Labute approximate surface area is 102 Å². The van der Waals surface area contributed by atoms with Gasteiger partial charge in [0, 0.05) is 18.6 Å². The van der Waals surface area contributed by atoms with E-state index in [1.807, 2.05) is 26.8 Å². The third-order valence-electron chi connectivity index (χ3n) is 2.56. The highest BCUT2D eigenvalue weighted by Gasteiger charge is 2.23. The SMILES string of the molecule is CC(C)(C)NS(=O)(=O)c1ccc2c(c1)CNC2. The molecule has 0 spiro atoms. The molecular formula is C12H18N2O2S. The summed E-state index contributed by atoms with van der Waals surface area (Å²) in [5.41, 5.74) is 1.79. The average Bonchev–Trinajstić information content (AvgIpc) is 2.59. The van der Waals surface area contributed by atoms with E-state index < -0.39 is 15.6 Å². The number of rotatable bonds is 2. The lowest BCUT2D eigenvalue weighted by Gasteiger charge is -2.20. The highest BCUT2D eigenvalue weighted by molar-refractivity contribution is 7.89. The Morgan fingerprint density at radius 3 is 2.47 bits per heavy atom. The van der Waals surface area contributed by atoms with Crippen LogP contribution in [0.3, 0.4) is 0 Å². The quantitative estimate of drug-likeness (QED) is 0.838. The number of hydrogen-bond donors (Lipinski definition) is 2. The first-order chi connectivity index (χ1) is 7.78. The van der Waals surface area contributed by atoms with Crippen molar-refractivity contribution in [1.29, 1.82) is 0 Å². The maximum absolute atomic E-state index is 12.1. The van der Waals surface area contributed by atoms with E-state index in [0.29, 0.717) is 4.90 Å². The summed E-state index contributed by atoms with van der Waals surface area (Å²) in [5.74, 6) is 0. The highest BCUT2D eigenvalue weighted by Crippen LogP contribution is 2.20. The van der Waals surface area contributed by atoms with Gasteiger partial charge in [-0.25, -0.2) is 13.1 Å².